The van der Waals surface area contributed by atoms with Gasteiger partial charge in [-0.15, -0.1) is 0 Å². The first-order valence-electron chi connectivity index (χ1n) is 13.8. The summed E-state index contributed by atoms with van der Waals surface area (Å²) < 4.78 is 11.9. The number of para-hydroxylation sites is 1. The average Bonchev–Trinajstić information content (AvgIpc) is 3.22. The van der Waals surface area contributed by atoms with Gasteiger partial charge in [0.25, 0.3) is 0 Å². The van der Waals surface area contributed by atoms with Crippen LogP contribution in [0.3, 0.4) is 0 Å². The summed E-state index contributed by atoms with van der Waals surface area (Å²) >= 11 is 0. The minimum absolute atomic E-state index is 0.0535. The molecular weight excluding hydrogens is 482 g/mol. The van der Waals surface area contributed by atoms with Gasteiger partial charge in [0.05, 0.1) is 13.2 Å². The minimum atomic E-state index is -1.20. The lowest BCUT2D eigenvalue weighted by Crippen LogP contribution is -2.51. The third kappa shape index (κ3) is 8.46. The second kappa shape index (κ2) is 13.6. The Labute approximate surface area is 226 Å². The molecule has 0 aliphatic carbocycles. The minimum Gasteiger partial charge on any atom is -0.494 e. The predicted molar refractivity (Wildman–Crippen MR) is 146 cm³/mol. The fourth-order valence-electron chi connectivity index (χ4n) is 5.18. The quantitative estimate of drug-likeness (QED) is 0.481. The van der Waals surface area contributed by atoms with Crippen molar-refractivity contribution in [3.05, 3.63) is 60.2 Å². The smallest absolute Gasteiger partial charge is 0.222 e. The number of ether oxygens (including phenoxy) is 2. The van der Waals surface area contributed by atoms with Gasteiger partial charge in [0.2, 0.25) is 11.8 Å². The van der Waals surface area contributed by atoms with Gasteiger partial charge in [-0.2, -0.15) is 0 Å². The van der Waals surface area contributed by atoms with Gasteiger partial charge in [0, 0.05) is 52.6 Å². The molecule has 8 heteroatoms. The van der Waals surface area contributed by atoms with Crippen molar-refractivity contribution >= 4 is 11.8 Å². The Kier molecular flexibility index (Phi) is 10.0. The van der Waals surface area contributed by atoms with E-state index in [2.05, 4.69) is 11.0 Å². The molecule has 1 N–H and O–H groups in total. The topological polar surface area (TPSA) is 82.6 Å². The van der Waals surface area contributed by atoms with Gasteiger partial charge in [-0.25, -0.2) is 0 Å². The molecule has 1 atom stereocenters. The molecule has 2 aromatic carbocycles. The van der Waals surface area contributed by atoms with Crippen molar-refractivity contribution < 1.29 is 24.2 Å². The number of carbonyl (C=O) groups is 2. The second-order valence-electron chi connectivity index (χ2n) is 10.5. The fraction of sp³-hybridized carbons (Fsp3) is 0.533. The Morgan fingerprint density at radius 1 is 0.947 bits per heavy atom. The maximum absolute atomic E-state index is 12.2. The average molecular weight is 524 g/mol. The summed E-state index contributed by atoms with van der Waals surface area (Å²) in [5, 5.41) is 11.5. The molecule has 4 rings (SSSR count). The molecule has 206 valence electrons. The molecule has 2 aliphatic heterocycles. The van der Waals surface area contributed by atoms with Gasteiger partial charge in [-0.1, -0.05) is 36.8 Å². The normalized spacial score (nSPS) is 21.1. The number of nitrogens with zero attached hydrogens (tertiary/aromatic N) is 3. The first-order chi connectivity index (χ1) is 18.4. The van der Waals surface area contributed by atoms with E-state index in [-0.39, 0.29) is 25.0 Å². The zero-order valence-corrected chi connectivity index (χ0v) is 22.5. The standard InChI is InChI=1S/C30H41N3O5/c1-25(34)33-18-17-31(22-30(36,23-33)24-38-27-11-4-2-5-12-27)21-26-10-8-13-28(20-26)37-19-9-16-32-15-7-3-6-14-29(32)35/h2,4-5,8,10-13,20,36H,3,6-7,9,14-19,21-24H2,1H3/t30-/m1/s1. The van der Waals surface area contributed by atoms with E-state index < -0.39 is 5.60 Å². The Bertz CT molecular complexity index is 1050. The number of rotatable bonds is 10. The van der Waals surface area contributed by atoms with Crippen molar-refractivity contribution in [3.63, 3.8) is 0 Å². The Morgan fingerprint density at radius 2 is 1.76 bits per heavy atom. The number of hydrogen-bond donors (Lipinski definition) is 1. The highest BCUT2D eigenvalue weighted by atomic mass is 16.5. The van der Waals surface area contributed by atoms with Crippen LogP contribution in [-0.4, -0.2) is 89.7 Å². The Balaban J connectivity index is 1.32. The highest BCUT2D eigenvalue weighted by Crippen LogP contribution is 2.21. The molecule has 2 aliphatic rings. The molecule has 2 amide bonds. The van der Waals surface area contributed by atoms with Crippen LogP contribution in [-0.2, 0) is 16.1 Å². The molecule has 38 heavy (non-hydrogen) atoms. The van der Waals surface area contributed by atoms with Crippen molar-refractivity contribution in [1.82, 2.24) is 14.7 Å². The molecule has 0 saturated carbocycles. The van der Waals surface area contributed by atoms with Gasteiger partial charge in [-0.05, 0) is 49.1 Å². The van der Waals surface area contributed by atoms with E-state index in [0.29, 0.717) is 45.0 Å². The summed E-state index contributed by atoms with van der Waals surface area (Å²) in [6, 6.07) is 17.4. The summed E-state index contributed by atoms with van der Waals surface area (Å²) in [7, 11) is 0. The van der Waals surface area contributed by atoms with E-state index in [1.807, 2.05) is 53.4 Å². The van der Waals surface area contributed by atoms with E-state index in [1.165, 1.54) is 6.92 Å². The van der Waals surface area contributed by atoms with Crippen molar-refractivity contribution in [2.75, 3.05) is 52.5 Å². The van der Waals surface area contributed by atoms with Crippen LogP contribution in [0.5, 0.6) is 11.5 Å². The molecule has 2 heterocycles. The van der Waals surface area contributed by atoms with Crippen LogP contribution in [0.15, 0.2) is 54.6 Å². The van der Waals surface area contributed by atoms with Crippen molar-refractivity contribution in [1.29, 1.82) is 0 Å². The molecule has 8 nitrogen and oxygen atoms in total. The number of β-amino-alcohol motifs (C(OH)–C–C–N with tert-alkyl or cyclic N) is 1. The van der Waals surface area contributed by atoms with Crippen molar-refractivity contribution in [2.24, 2.45) is 0 Å². The lowest BCUT2D eigenvalue weighted by Gasteiger charge is -2.32. The third-order valence-corrected chi connectivity index (χ3v) is 7.20. The molecule has 0 bridgehead atoms. The SMILES string of the molecule is CC(=O)N1CCN(Cc2cccc(OCCCN3CCCCCC3=O)c2)C[C@](O)(COc2ccccc2)C1. The summed E-state index contributed by atoms with van der Waals surface area (Å²) in [5.74, 6) is 1.70. The maximum Gasteiger partial charge on any atom is 0.222 e. The zero-order valence-electron chi connectivity index (χ0n) is 22.5. The van der Waals surface area contributed by atoms with Crippen LogP contribution < -0.4 is 9.47 Å². The number of amides is 2. The number of aliphatic hydroxyl groups is 1. The third-order valence-electron chi connectivity index (χ3n) is 7.20. The Hall–Kier alpha value is -3.10. The maximum atomic E-state index is 12.2. The fourth-order valence-corrected chi connectivity index (χ4v) is 5.18. The van der Waals surface area contributed by atoms with Crippen LogP contribution in [0.4, 0.5) is 0 Å². The van der Waals surface area contributed by atoms with Gasteiger partial charge in [0.15, 0.2) is 0 Å². The van der Waals surface area contributed by atoms with Gasteiger partial charge < -0.3 is 24.4 Å². The van der Waals surface area contributed by atoms with Gasteiger partial charge in [0.1, 0.15) is 23.7 Å². The van der Waals surface area contributed by atoms with Crippen molar-refractivity contribution in [2.45, 2.75) is 51.2 Å². The summed E-state index contributed by atoms with van der Waals surface area (Å²) in [6.07, 6.45) is 4.68. The van der Waals surface area contributed by atoms with Crippen molar-refractivity contribution in [3.8, 4) is 11.5 Å². The number of hydrogen-bond acceptors (Lipinski definition) is 6. The summed E-state index contributed by atoms with van der Waals surface area (Å²) in [5.41, 5.74) is -0.121. The first-order valence-corrected chi connectivity index (χ1v) is 13.8. The first kappa shape index (κ1) is 27.9. The van der Waals surface area contributed by atoms with Crippen LogP contribution in [0.1, 0.15) is 44.6 Å². The molecule has 0 radical (unpaired) electrons. The lowest BCUT2D eigenvalue weighted by atomic mass is 10.0. The molecule has 2 saturated heterocycles. The van der Waals surface area contributed by atoms with E-state index in [1.54, 1.807) is 4.90 Å². The largest absolute Gasteiger partial charge is 0.494 e. The van der Waals surface area contributed by atoms with E-state index >= 15 is 0 Å². The highest BCUT2D eigenvalue weighted by Gasteiger charge is 2.37. The molecule has 2 fully saturated rings. The summed E-state index contributed by atoms with van der Waals surface area (Å²) in [6.45, 7) is 6.23. The molecule has 0 unspecified atom stereocenters. The zero-order chi connectivity index (χ0) is 26.8. The van der Waals surface area contributed by atoms with Gasteiger partial charge in [-0.3, -0.25) is 14.5 Å². The second-order valence-corrected chi connectivity index (χ2v) is 10.5. The van der Waals surface area contributed by atoms with Crippen LogP contribution in [0.25, 0.3) is 0 Å². The monoisotopic (exact) mass is 523 g/mol. The molecule has 0 aromatic heterocycles. The van der Waals surface area contributed by atoms with Crippen LogP contribution >= 0.6 is 0 Å². The number of benzene rings is 2. The van der Waals surface area contributed by atoms with E-state index in [0.717, 1.165) is 50.1 Å². The lowest BCUT2D eigenvalue weighted by molar-refractivity contribution is -0.132. The number of carbonyl (C=O) groups excluding carboxylic acids is 2. The van der Waals surface area contributed by atoms with E-state index in [9.17, 15) is 14.7 Å². The van der Waals surface area contributed by atoms with Crippen LogP contribution in [0, 0.1) is 0 Å². The number of likely N-dealkylation sites (tertiary alicyclic amines) is 1. The summed E-state index contributed by atoms with van der Waals surface area (Å²) in [4.78, 5) is 30.2. The molecular formula is C30H41N3O5. The molecule has 0 spiro atoms. The Morgan fingerprint density at radius 3 is 2.58 bits per heavy atom. The predicted octanol–water partition coefficient (Wildman–Crippen LogP) is 3.33. The van der Waals surface area contributed by atoms with E-state index in [4.69, 9.17) is 9.47 Å². The van der Waals surface area contributed by atoms with Crippen LogP contribution in [0.2, 0.25) is 0 Å². The van der Waals surface area contributed by atoms with Gasteiger partial charge >= 0.3 is 0 Å². The highest BCUT2D eigenvalue weighted by molar-refractivity contribution is 5.76. The molecule has 2 aromatic rings.